The SMILES string of the molecule is NCCCCCCOc1ccccc1C(=O)NC1CCCc2ccccc2N1C(=O)c1ccccc1. The average Bonchev–Trinajstić information content (AvgIpc) is 3.10. The van der Waals surface area contributed by atoms with E-state index in [1.54, 1.807) is 11.0 Å². The van der Waals surface area contributed by atoms with Crippen LogP contribution in [-0.4, -0.2) is 31.1 Å². The largest absolute Gasteiger partial charge is 0.493 e. The Morgan fingerprint density at radius 1 is 0.889 bits per heavy atom. The molecule has 2 amide bonds. The molecule has 0 bridgehead atoms. The number of fused-ring (bicyclic) bond motifs is 1. The van der Waals surface area contributed by atoms with Crippen LogP contribution in [0.3, 0.4) is 0 Å². The predicted molar refractivity (Wildman–Crippen MR) is 143 cm³/mol. The van der Waals surface area contributed by atoms with Crippen molar-refractivity contribution in [1.82, 2.24) is 5.32 Å². The lowest BCUT2D eigenvalue weighted by Crippen LogP contribution is -2.51. The number of unbranched alkanes of at least 4 members (excludes halogenated alkanes) is 3. The number of nitrogens with zero attached hydrogens (tertiary/aromatic N) is 1. The van der Waals surface area contributed by atoms with Crippen molar-refractivity contribution in [3.8, 4) is 5.75 Å². The summed E-state index contributed by atoms with van der Waals surface area (Å²) in [4.78, 5) is 28.9. The quantitative estimate of drug-likeness (QED) is 0.381. The number of nitrogens with two attached hydrogens (primary N) is 1. The van der Waals surface area contributed by atoms with E-state index in [0.29, 0.717) is 36.4 Å². The van der Waals surface area contributed by atoms with Crippen LogP contribution in [0.25, 0.3) is 0 Å². The third kappa shape index (κ3) is 6.32. The molecule has 0 spiro atoms. The van der Waals surface area contributed by atoms with Crippen molar-refractivity contribution in [3.05, 3.63) is 95.6 Å². The third-order valence-corrected chi connectivity index (χ3v) is 6.51. The first-order chi connectivity index (χ1) is 17.7. The Morgan fingerprint density at radius 2 is 1.61 bits per heavy atom. The molecule has 1 atom stereocenters. The lowest BCUT2D eigenvalue weighted by atomic mass is 10.1. The molecule has 6 heteroatoms. The van der Waals surface area contributed by atoms with Gasteiger partial charge in [-0.2, -0.15) is 0 Å². The fraction of sp³-hybridized carbons (Fsp3) is 0.333. The number of carbonyl (C=O) groups excluding carboxylic acids is 2. The molecular formula is C30H35N3O3. The number of aryl methyl sites for hydroxylation is 1. The average molecular weight is 486 g/mol. The van der Waals surface area contributed by atoms with Gasteiger partial charge in [0.25, 0.3) is 11.8 Å². The zero-order valence-electron chi connectivity index (χ0n) is 20.7. The smallest absolute Gasteiger partial charge is 0.259 e. The van der Waals surface area contributed by atoms with Crippen LogP contribution in [0.5, 0.6) is 5.75 Å². The Bertz CT molecular complexity index is 1150. The maximum Gasteiger partial charge on any atom is 0.259 e. The van der Waals surface area contributed by atoms with Crippen LogP contribution < -0.4 is 20.7 Å². The first-order valence-corrected chi connectivity index (χ1v) is 12.9. The minimum atomic E-state index is -0.474. The first-order valence-electron chi connectivity index (χ1n) is 12.9. The van der Waals surface area contributed by atoms with Crippen molar-refractivity contribution in [3.63, 3.8) is 0 Å². The predicted octanol–water partition coefficient (Wildman–Crippen LogP) is 5.32. The molecule has 0 fully saturated rings. The van der Waals surface area contributed by atoms with Crippen LogP contribution in [0.4, 0.5) is 5.69 Å². The van der Waals surface area contributed by atoms with Gasteiger partial charge in [-0.15, -0.1) is 0 Å². The Morgan fingerprint density at radius 3 is 2.44 bits per heavy atom. The van der Waals surface area contributed by atoms with Crippen molar-refractivity contribution in [2.75, 3.05) is 18.1 Å². The van der Waals surface area contributed by atoms with Crippen LogP contribution in [0.2, 0.25) is 0 Å². The topological polar surface area (TPSA) is 84.7 Å². The van der Waals surface area contributed by atoms with Gasteiger partial charge in [0.1, 0.15) is 11.9 Å². The second-order valence-corrected chi connectivity index (χ2v) is 9.10. The highest BCUT2D eigenvalue weighted by Crippen LogP contribution is 2.31. The van der Waals surface area contributed by atoms with E-state index in [0.717, 1.165) is 49.8 Å². The number of hydrogen-bond acceptors (Lipinski definition) is 4. The number of nitrogens with one attached hydrogen (secondary N) is 1. The normalized spacial score (nSPS) is 15.0. The van der Waals surface area contributed by atoms with Gasteiger partial charge < -0.3 is 15.8 Å². The van der Waals surface area contributed by atoms with Crippen LogP contribution in [-0.2, 0) is 6.42 Å². The molecule has 3 aromatic rings. The van der Waals surface area contributed by atoms with Gasteiger partial charge in [-0.3, -0.25) is 14.5 Å². The highest BCUT2D eigenvalue weighted by atomic mass is 16.5. The van der Waals surface area contributed by atoms with Crippen molar-refractivity contribution in [2.24, 2.45) is 5.73 Å². The lowest BCUT2D eigenvalue weighted by molar-refractivity contribution is 0.0909. The van der Waals surface area contributed by atoms with Gasteiger partial charge >= 0.3 is 0 Å². The molecule has 1 unspecified atom stereocenters. The molecule has 0 radical (unpaired) electrons. The van der Waals surface area contributed by atoms with E-state index < -0.39 is 6.17 Å². The monoisotopic (exact) mass is 485 g/mol. The molecule has 0 aliphatic carbocycles. The van der Waals surface area contributed by atoms with Crippen LogP contribution in [0.15, 0.2) is 78.9 Å². The zero-order chi connectivity index (χ0) is 25.2. The Hall–Kier alpha value is -3.64. The molecule has 188 valence electrons. The van der Waals surface area contributed by atoms with Gasteiger partial charge in [-0.05, 0) is 74.5 Å². The maximum atomic E-state index is 13.7. The van der Waals surface area contributed by atoms with E-state index in [9.17, 15) is 9.59 Å². The second kappa shape index (κ2) is 12.9. The van der Waals surface area contributed by atoms with Crippen molar-refractivity contribution in [1.29, 1.82) is 0 Å². The van der Waals surface area contributed by atoms with Gasteiger partial charge in [-0.1, -0.05) is 61.4 Å². The van der Waals surface area contributed by atoms with E-state index in [4.69, 9.17) is 10.5 Å². The number of hydrogen-bond donors (Lipinski definition) is 2. The van der Waals surface area contributed by atoms with Crippen LogP contribution in [0.1, 0.15) is 64.8 Å². The number of amides is 2. The number of para-hydroxylation sites is 2. The van der Waals surface area contributed by atoms with Crippen LogP contribution >= 0.6 is 0 Å². The van der Waals surface area contributed by atoms with E-state index in [2.05, 4.69) is 11.4 Å². The van der Waals surface area contributed by atoms with Crippen molar-refractivity contribution in [2.45, 2.75) is 51.1 Å². The fourth-order valence-electron chi connectivity index (χ4n) is 4.64. The second-order valence-electron chi connectivity index (χ2n) is 9.10. The number of anilines is 1. The van der Waals surface area contributed by atoms with Gasteiger partial charge in [0, 0.05) is 11.3 Å². The molecule has 36 heavy (non-hydrogen) atoms. The molecular weight excluding hydrogens is 450 g/mol. The number of carbonyl (C=O) groups is 2. The number of ether oxygens (including phenoxy) is 1. The molecule has 1 aliphatic rings. The molecule has 1 aliphatic heterocycles. The van der Waals surface area contributed by atoms with E-state index in [-0.39, 0.29) is 11.8 Å². The van der Waals surface area contributed by atoms with Crippen LogP contribution in [0, 0.1) is 0 Å². The summed E-state index contributed by atoms with van der Waals surface area (Å²) >= 11 is 0. The summed E-state index contributed by atoms with van der Waals surface area (Å²) in [6.07, 6.45) is 5.95. The molecule has 0 saturated heterocycles. The molecule has 1 heterocycles. The van der Waals surface area contributed by atoms with E-state index in [1.807, 2.05) is 66.7 Å². The summed E-state index contributed by atoms with van der Waals surface area (Å²) in [6, 6.07) is 24.5. The molecule has 6 nitrogen and oxygen atoms in total. The van der Waals surface area contributed by atoms with Gasteiger partial charge in [0.2, 0.25) is 0 Å². The summed E-state index contributed by atoms with van der Waals surface area (Å²) in [7, 11) is 0. The minimum Gasteiger partial charge on any atom is -0.493 e. The van der Waals surface area contributed by atoms with Gasteiger partial charge in [0.15, 0.2) is 0 Å². The summed E-state index contributed by atoms with van der Waals surface area (Å²) in [5.74, 6) is 0.185. The zero-order valence-corrected chi connectivity index (χ0v) is 20.7. The first kappa shape index (κ1) is 25.5. The Balaban J connectivity index is 1.54. The van der Waals surface area contributed by atoms with E-state index >= 15 is 0 Å². The molecule has 0 aromatic heterocycles. The minimum absolute atomic E-state index is 0.128. The highest BCUT2D eigenvalue weighted by Gasteiger charge is 2.31. The molecule has 4 rings (SSSR count). The van der Waals surface area contributed by atoms with Gasteiger partial charge in [-0.25, -0.2) is 0 Å². The van der Waals surface area contributed by atoms with Gasteiger partial charge in [0.05, 0.1) is 12.2 Å². The van der Waals surface area contributed by atoms with Crippen molar-refractivity contribution < 1.29 is 14.3 Å². The summed E-state index contributed by atoms with van der Waals surface area (Å²) in [5, 5.41) is 3.15. The number of rotatable bonds is 10. The summed E-state index contributed by atoms with van der Waals surface area (Å²) in [5.41, 5.74) is 8.58. The third-order valence-electron chi connectivity index (χ3n) is 6.51. The molecule has 3 N–H and O–H groups in total. The Kier molecular flexibility index (Phi) is 9.11. The lowest BCUT2D eigenvalue weighted by Gasteiger charge is -2.32. The fourth-order valence-corrected chi connectivity index (χ4v) is 4.64. The molecule has 3 aromatic carbocycles. The van der Waals surface area contributed by atoms with Crippen molar-refractivity contribution >= 4 is 17.5 Å². The highest BCUT2D eigenvalue weighted by molar-refractivity contribution is 6.07. The summed E-state index contributed by atoms with van der Waals surface area (Å²) in [6.45, 7) is 1.25. The number of benzene rings is 3. The standard InChI is InChI=1S/C30H35N3O3/c31-21-10-1-2-11-22-36-27-19-9-7-17-25(27)29(34)32-28-20-12-16-23-13-6-8-18-26(23)33(28)30(35)24-14-4-3-5-15-24/h3-9,13-15,17-19,28H,1-2,10-12,16,20-22,31H2,(H,32,34). The Labute approximate surface area is 213 Å². The maximum absolute atomic E-state index is 13.7. The summed E-state index contributed by atoms with van der Waals surface area (Å²) < 4.78 is 5.98. The van der Waals surface area contributed by atoms with E-state index in [1.165, 1.54) is 0 Å². The molecule has 0 saturated carbocycles.